The monoisotopic (exact) mass is 449 g/mol. The third-order valence-corrected chi connectivity index (χ3v) is 4.94. The molecule has 2 amide bonds. The second kappa shape index (κ2) is 12.3. The Morgan fingerprint density at radius 2 is 1.58 bits per heavy atom. The van der Waals surface area contributed by atoms with Crippen LogP contribution >= 0.6 is 12.4 Å². The number of morpholine rings is 1. The number of rotatable bonds is 8. The molecule has 0 aromatic heterocycles. The van der Waals surface area contributed by atoms with Gasteiger partial charge in [0.25, 0.3) is 0 Å². The largest absolute Gasteiger partial charge is 0.457 e. The fourth-order valence-corrected chi connectivity index (χ4v) is 3.23. The summed E-state index contributed by atoms with van der Waals surface area (Å²) in [7, 11) is 0. The first kappa shape index (κ1) is 24.6. The topological polar surface area (TPSA) is 114 Å². The van der Waals surface area contributed by atoms with Gasteiger partial charge >= 0.3 is 0 Å². The maximum absolute atomic E-state index is 12.4. The van der Waals surface area contributed by atoms with Crippen molar-refractivity contribution in [3.05, 3.63) is 59.7 Å². The summed E-state index contributed by atoms with van der Waals surface area (Å²) in [6.45, 7) is 2.30. The number of nitrogens with zero attached hydrogens (tertiary/aromatic N) is 1. The Bertz CT molecular complexity index is 839. The number of benzene rings is 2. The van der Waals surface area contributed by atoms with Crippen molar-refractivity contribution in [2.45, 2.75) is 25.3 Å². The van der Waals surface area contributed by atoms with Crippen LogP contribution in [0.15, 0.2) is 48.5 Å². The summed E-state index contributed by atoms with van der Waals surface area (Å²) in [5, 5.41) is 8.53. The highest BCUT2D eigenvalue weighted by molar-refractivity contribution is 5.85. The molecule has 1 aliphatic rings. The average Bonchev–Trinajstić information content (AvgIpc) is 2.79. The fourth-order valence-electron chi connectivity index (χ4n) is 3.23. The molecule has 0 bridgehead atoms. The highest BCUT2D eigenvalue weighted by atomic mass is 35.5. The lowest BCUT2D eigenvalue weighted by Crippen LogP contribution is -2.49. The minimum atomic E-state index is -0.574. The molecule has 1 atom stereocenters. The molecule has 1 aliphatic heterocycles. The smallest absolute Gasteiger partial charge is 0.243 e. The molecule has 168 valence electrons. The molecule has 1 heterocycles. The number of amides is 2. The predicted molar refractivity (Wildman–Crippen MR) is 118 cm³/mol. The number of carbonyl (C=O) groups excluding carboxylic acids is 2. The Hall–Kier alpha value is -2.65. The molecular weight excluding hydrogens is 422 g/mol. The number of ether oxygens (including phenoxy) is 2. The van der Waals surface area contributed by atoms with Crippen molar-refractivity contribution in [2.24, 2.45) is 5.73 Å². The summed E-state index contributed by atoms with van der Waals surface area (Å²) >= 11 is 0. The Morgan fingerprint density at radius 3 is 2.13 bits per heavy atom. The lowest BCUT2D eigenvalue weighted by Gasteiger charge is -2.29. The van der Waals surface area contributed by atoms with Crippen LogP contribution in [0.4, 0.5) is 0 Å². The van der Waals surface area contributed by atoms with E-state index in [1.165, 1.54) is 0 Å². The quantitative estimate of drug-likeness (QED) is 0.420. The Morgan fingerprint density at radius 1 is 1.03 bits per heavy atom. The maximum Gasteiger partial charge on any atom is 0.243 e. The molecule has 9 heteroatoms. The normalized spacial score (nSPS) is 14.3. The molecule has 3 rings (SSSR count). The number of aryl methyl sites for hydroxylation is 1. The predicted octanol–water partition coefficient (Wildman–Crippen LogP) is 2.07. The van der Waals surface area contributed by atoms with E-state index in [1.807, 2.05) is 48.5 Å². The highest BCUT2D eigenvalue weighted by Crippen LogP contribution is 2.23. The Labute approximate surface area is 187 Å². The molecule has 2 aromatic carbocycles. The molecular formula is C22H28ClN3O5. The minimum Gasteiger partial charge on any atom is -0.457 e. The SMILES string of the molecule is Cl.NC(Cc1ccc(Oc2ccc(CCC(=O)NO)cc2)cc1)C(=O)N1CCOCC1. The molecule has 1 saturated heterocycles. The average molecular weight is 450 g/mol. The highest BCUT2D eigenvalue weighted by Gasteiger charge is 2.22. The van der Waals surface area contributed by atoms with Crippen LogP contribution in [0, 0.1) is 0 Å². The van der Waals surface area contributed by atoms with Gasteiger partial charge in [0, 0.05) is 19.5 Å². The first-order valence-electron chi connectivity index (χ1n) is 9.96. The number of carbonyl (C=O) groups is 2. The van der Waals surface area contributed by atoms with E-state index in [2.05, 4.69) is 0 Å². The molecule has 2 aromatic rings. The number of halogens is 1. The first-order chi connectivity index (χ1) is 14.5. The van der Waals surface area contributed by atoms with Crippen molar-refractivity contribution in [1.29, 1.82) is 0 Å². The van der Waals surface area contributed by atoms with Gasteiger partial charge in [0.1, 0.15) is 11.5 Å². The van der Waals surface area contributed by atoms with Gasteiger partial charge < -0.3 is 20.1 Å². The van der Waals surface area contributed by atoms with Crippen LogP contribution in [0.2, 0.25) is 0 Å². The molecule has 0 spiro atoms. The lowest BCUT2D eigenvalue weighted by atomic mass is 10.1. The van der Waals surface area contributed by atoms with Gasteiger partial charge in [-0.25, -0.2) is 5.48 Å². The summed E-state index contributed by atoms with van der Waals surface area (Å²) in [4.78, 5) is 25.3. The number of hydroxylamine groups is 1. The second-order valence-corrected chi connectivity index (χ2v) is 7.17. The molecule has 0 radical (unpaired) electrons. The number of nitrogens with two attached hydrogens (primary N) is 1. The zero-order valence-electron chi connectivity index (χ0n) is 17.2. The summed E-state index contributed by atoms with van der Waals surface area (Å²) < 4.78 is 11.1. The fraction of sp³-hybridized carbons (Fsp3) is 0.364. The molecule has 0 saturated carbocycles. The minimum absolute atomic E-state index is 0. The van der Waals surface area contributed by atoms with E-state index in [0.717, 1.165) is 11.1 Å². The lowest BCUT2D eigenvalue weighted by molar-refractivity contribution is -0.136. The first-order valence-corrected chi connectivity index (χ1v) is 9.96. The van der Waals surface area contributed by atoms with Gasteiger partial charge in [0.15, 0.2) is 0 Å². The van der Waals surface area contributed by atoms with Gasteiger partial charge in [-0.05, 0) is 48.2 Å². The Kier molecular flexibility index (Phi) is 9.74. The van der Waals surface area contributed by atoms with Gasteiger partial charge in [-0.1, -0.05) is 24.3 Å². The molecule has 1 unspecified atom stereocenters. The summed E-state index contributed by atoms with van der Waals surface area (Å²) in [5.41, 5.74) is 9.67. The van der Waals surface area contributed by atoms with Crippen LogP contribution in [-0.2, 0) is 27.2 Å². The van der Waals surface area contributed by atoms with Crippen molar-refractivity contribution in [3.63, 3.8) is 0 Å². The zero-order chi connectivity index (χ0) is 21.3. The van der Waals surface area contributed by atoms with Gasteiger partial charge in [0.05, 0.1) is 19.3 Å². The molecule has 1 fully saturated rings. The van der Waals surface area contributed by atoms with Crippen LogP contribution < -0.4 is 16.0 Å². The van der Waals surface area contributed by atoms with E-state index in [9.17, 15) is 9.59 Å². The van der Waals surface area contributed by atoms with E-state index in [-0.39, 0.29) is 24.7 Å². The Balaban J connectivity index is 0.00000341. The van der Waals surface area contributed by atoms with Gasteiger partial charge in [-0.2, -0.15) is 0 Å². The second-order valence-electron chi connectivity index (χ2n) is 7.17. The van der Waals surface area contributed by atoms with E-state index in [0.29, 0.717) is 50.6 Å². The van der Waals surface area contributed by atoms with Crippen molar-refractivity contribution in [2.75, 3.05) is 26.3 Å². The van der Waals surface area contributed by atoms with Gasteiger partial charge in [-0.15, -0.1) is 12.4 Å². The van der Waals surface area contributed by atoms with E-state index >= 15 is 0 Å². The number of hydrogen-bond donors (Lipinski definition) is 3. The molecule has 31 heavy (non-hydrogen) atoms. The van der Waals surface area contributed by atoms with Crippen LogP contribution in [0.3, 0.4) is 0 Å². The van der Waals surface area contributed by atoms with Crippen molar-refractivity contribution in [1.82, 2.24) is 10.4 Å². The van der Waals surface area contributed by atoms with E-state index in [4.69, 9.17) is 20.4 Å². The summed E-state index contributed by atoms with van der Waals surface area (Å²) in [6, 6.07) is 14.4. The van der Waals surface area contributed by atoms with Crippen molar-refractivity contribution >= 4 is 24.2 Å². The van der Waals surface area contributed by atoms with Crippen LogP contribution in [0.1, 0.15) is 17.5 Å². The van der Waals surface area contributed by atoms with Gasteiger partial charge in [0.2, 0.25) is 11.8 Å². The summed E-state index contributed by atoms with van der Waals surface area (Å²) in [6.07, 6.45) is 1.21. The molecule has 0 aliphatic carbocycles. The third-order valence-electron chi connectivity index (χ3n) is 4.94. The van der Waals surface area contributed by atoms with Crippen molar-refractivity contribution in [3.8, 4) is 11.5 Å². The summed E-state index contributed by atoms with van der Waals surface area (Å²) in [5.74, 6) is 0.897. The third kappa shape index (κ3) is 7.52. The maximum atomic E-state index is 12.4. The van der Waals surface area contributed by atoms with Crippen LogP contribution in [0.25, 0.3) is 0 Å². The number of hydrogen-bond acceptors (Lipinski definition) is 6. The standard InChI is InChI=1S/C22H27N3O5.ClH/c23-20(22(27)25-11-13-29-14-12-25)15-17-3-8-19(9-4-17)30-18-6-1-16(2-7-18)5-10-21(26)24-28;/h1-4,6-9,20,28H,5,10-15,23H2,(H,24,26);1H. The zero-order valence-corrected chi connectivity index (χ0v) is 18.0. The van der Waals surface area contributed by atoms with Crippen LogP contribution in [0.5, 0.6) is 11.5 Å². The van der Waals surface area contributed by atoms with E-state index in [1.54, 1.807) is 10.4 Å². The molecule has 4 N–H and O–H groups in total. The van der Waals surface area contributed by atoms with Crippen LogP contribution in [-0.4, -0.2) is 54.3 Å². The van der Waals surface area contributed by atoms with Gasteiger partial charge in [-0.3, -0.25) is 14.8 Å². The molecule has 8 nitrogen and oxygen atoms in total. The van der Waals surface area contributed by atoms with E-state index < -0.39 is 11.9 Å². The number of nitrogens with one attached hydrogen (secondary N) is 1. The van der Waals surface area contributed by atoms with Crippen molar-refractivity contribution < 1.29 is 24.3 Å².